The topological polar surface area (TPSA) is 132 Å². The van der Waals surface area contributed by atoms with E-state index in [1.807, 2.05) is 0 Å². The molecule has 0 saturated carbocycles. The Balaban J connectivity index is 1.77. The summed E-state index contributed by atoms with van der Waals surface area (Å²) in [6.07, 6.45) is -0.645. The number of esters is 1. The zero-order valence-corrected chi connectivity index (χ0v) is 19.0. The number of hydrogen-bond acceptors (Lipinski definition) is 8. The third kappa shape index (κ3) is 5.57. The van der Waals surface area contributed by atoms with Gasteiger partial charge in [0.25, 0.3) is 0 Å². The van der Waals surface area contributed by atoms with Crippen molar-refractivity contribution in [3.05, 3.63) is 70.1 Å². The van der Waals surface area contributed by atoms with Gasteiger partial charge in [-0.2, -0.15) is 0 Å². The lowest BCUT2D eigenvalue weighted by molar-refractivity contribution is 0.0473. The molecule has 33 heavy (non-hydrogen) atoms. The van der Waals surface area contributed by atoms with Crippen molar-refractivity contribution in [2.45, 2.75) is 18.4 Å². The van der Waals surface area contributed by atoms with Gasteiger partial charge < -0.3 is 13.9 Å². The Morgan fingerprint density at radius 2 is 1.73 bits per heavy atom. The smallest absolute Gasteiger partial charge is 0.411 e. The molecule has 0 aliphatic rings. The Labute approximate surface area is 189 Å². The van der Waals surface area contributed by atoms with E-state index in [-0.39, 0.29) is 29.3 Å². The van der Waals surface area contributed by atoms with Gasteiger partial charge in [-0.25, -0.2) is 27.1 Å². The number of nitrogens with zero attached hydrogens (tertiary/aromatic N) is 1. The van der Waals surface area contributed by atoms with Gasteiger partial charge in [0.2, 0.25) is 10.0 Å². The number of ether oxygens (including phenoxy) is 2. The molecule has 0 saturated heterocycles. The van der Waals surface area contributed by atoms with Crippen LogP contribution in [0, 0.1) is 0 Å². The van der Waals surface area contributed by atoms with E-state index in [1.165, 1.54) is 50.5 Å². The first-order valence-electron chi connectivity index (χ1n) is 9.82. The van der Waals surface area contributed by atoms with Crippen LogP contribution in [0.3, 0.4) is 0 Å². The summed E-state index contributed by atoms with van der Waals surface area (Å²) in [5.41, 5.74) is 0.470. The number of anilines is 1. The van der Waals surface area contributed by atoms with Gasteiger partial charge in [-0.05, 0) is 43.3 Å². The molecule has 1 aromatic heterocycles. The second-order valence-corrected chi connectivity index (χ2v) is 9.19. The lowest BCUT2D eigenvalue weighted by Gasteiger charge is -2.12. The van der Waals surface area contributed by atoms with E-state index in [4.69, 9.17) is 13.9 Å². The number of carbonyl (C=O) groups is 2. The molecule has 3 aromatic rings. The minimum atomic E-state index is -3.62. The fourth-order valence-electron chi connectivity index (χ4n) is 2.91. The normalized spacial score (nSPS) is 11.4. The van der Waals surface area contributed by atoms with E-state index in [0.717, 1.165) is 4.31 Å². The Kier molecular flexibility index (Phi) is 7.14. The fourth-order valence-corrected chi connectivity index (χ4v) is 3.81. The average Bonchev–Trinajstić information content (AvgIpc) is 2.77. The summed E-state index contributed by atoms with van der Waals surface area (Å²) in [5.74, 6) is -0.689. The van der Waals surface area contributed by atoms with Crippen molar-refractivity contribution in [3.63, 3.8) is 0 Å². The predicted octanol–water partition coefficient (Wildman–Crippen LogP) is 2.97. The van der Waals surface area contributed by atoms with Crippen molar-refractivity contribution in [2.24, 2.45) is 0 Å². The maximum absolute atomic E-state index is 12.4. The van der Waals surface area contributed by atoms with Crippen molar-refractivity contribution < 1.29 is 31.9 Å². The first-order valence-corrected chi connectivity index (χ1v) is 11.3. The molecular weight excluding hydrogens is 452 g/mol. The van der Waals surface area contributed by atoms with Crippen LogP contribution >= 0.6 is 0 Å². The fraction of sp³-hybridized carbons (Fsp3) is 0.227. The van der Waals surface area contributed by atoms with Gasteiger partial charge in [0.05, 0.1) is 17.1 Å². The van der Waals surface area contributed by atoms with Crippen molar-refractivity contribution in [3.8, 4) is 0 Å². The quantitative estimate of drug-likeness (QED) is 0.408. The molecule has 10 nitrogen and oxygen atoms in total. The summed E-state index contributed by atoms with van der Waals surface area (Å²) in [6, 6.07) is 11.2. The van der Waals surface area contributed by atoms with E-state index in [2.05, 4.69) is 5.32 Å². The predicted molar refractivity (Wildman–Crippen MR) is 120 cm³/mol. The number of amides is 1. The first kappa shape index (κ1) is 24.0. The summed E-state index contributed by atoms with van der Waals surface area (Å²) in [6.45, 7) is 1.66. The zero-order chi connectivity index (χ0) is 24.2. The van der Waals surface area contributed by atoms with Crippen molar-refractivity contribution in [1.82, 2.24) is 4.31 Å². The third-order valence-corrected chi connectivity index (χ3v) is 6.41. The summed E-state index contributed by atoms with van der Waals surface area (Å²) in [5, 5.41) is 3.03. The Hall–Kier alpha value is -3.70. The number of hydrogen-bond donors (Lipinski definition) is 1. The van der Waals surface area contributed by atoms with Crippen molar-refractivity contribution in [1.29, 1.82) is 0 Å². The van der Waals surface area contributed by atoms with E-state index in [1.54, 1.807) is 19.1 Å². The van der Waals surface area contributed by atoms with Crippen LogP contribution in [0.4, 0.5) is 10.5 Å². The summed E-state index contributed by atoms with van der Waals surface area (Å²) < 4.78 is 40.7. The Morgan fingerprint density at radius 1 is 1.03 bits per heavy atom. The van der Waals surface area contributed by atoms with Gasteiger partial charge in [0.1, 0.15) is 12.2 Å². The molecule has 0 fully saturated rings. The van der Waals surface area contributed by atoms with E-state index >= 15 is 0 Å². The molecule has 1 heterocycles. The molecule has 11 heteroatoms. The number of benzene rings is 2. The maximum atomic E-state index is 12.4. The lowest BCUT2D eigenvalue weighted by Crippen LogP contribution is -2.22. The molecule has 0 radical (unpaired) electrons. The second kappa shape index (κ2) is 9.84. The third-order valence-electron chi connectivity index (χ3n) is 4.58. The monoisotopic (exact) mass is 474 g/mol. The van der Waals surface area contributed by atoms with Gasteiger partial charge in [-0.3, -0.25) is 5.32 Å². The van der Waals surface area contributed by atoms with E-state index in [9.17, 15) is 22.8 Å². The molecule has 0 spiro atoms. The van der Waals surface area contributed by atoms with E-state index < -0.39 is 27.7 Å². The summed E-state index contributed by atoms with van der Waals surface area (Å²) >= 11 is 0. The number of sulfonamides is 1. The largest absolute Gasteiger partial charge is 0.457 e. The van der Waals surface area contributed by atoms with Gasteiger partial charge in [0.15, 0.2) is 0 Å². The highest BCUT2D eigenvalue weighted by Gasteiger charge is 2.18. The zero-order valence-electron chi connectivity index (χ0n) is 18.2. The van der Waals surface area contributed by atoms with Gasteiger partial charge >= 0.3 is 17.7 Å². The SMILES string of the molecule is CCOC(=O)Nc1ccc2c(COC(=O)c3ccc(S(=O)(=O)N(C)C)cc3)cc(=O)oc2c1. The van der Waals surface area contributed by atoms with Crippen molar-refractivity contribution in [2.75, 3.05) is 26.0 Å². The van der Waals surface area contributed by atoms with Crippen LogP contribution in [0.15, 0.2) is 62.6 Å². The highest BCUT2D eigenvalue weighted by Crippen LogP contribution is 2.23. The average molecular weight is 474 g/mol. The van der Waals surface area contributed by atoms with Crippen LogP contribution in [-0.2, 0) is 26.1 Å². The van der Waals surface area contributed by atoms with Gasteiger partial charge in [-0.1, -0.05) is 0 Å². The van der Waals surface area contributed by atoms with Crippen LogP contribution in [0.1, 0.15) is 22.8 Å². The standard InChI is InChI=1S/C22H22N2O8S/c1-4-30-22(27)23-16-7-10-18-15(11-20(25)32-19(18)12-16)13-31-21(26)14-5-8-17(9-6-14)33(28,29)24(2)3/h5-12H,4,13H2,1-3H3,(H,23,27). The molecule has 0 atom stereocenters. The Bertz CT molecular complexity index is 1350. The van der Waals surface area contributed by atoms with E-state index in [0.29, 0.717) is 16.6 Å². The first-order chi connectivity index (χ1) is 15.6. The lowest BCUT2D eigenvalue weighted by atomic mass is 10.1. The number of fused-ring (bicyclic) bond motifs is 1. The molecule has 1 amide bonds. The summed E-state index contributed by atoms with van der Waals surface area (Å²) in [7, 11) is -0.795. The molecule has 2 aromatic carbocycles. The number of nitrogens with one attached hydrogen (secondary N) is 1. The highest BCUT2D eigenvalue weighted by atomic mass is 32.2. The molecule has 0 bridgehead atoms. The van der Waals surface area contributed by atoms with Gasteiger partial charge in [0, 0.05) is 42.9 Å². The molecule has 0 aliphatic heterocycles. The number of carbonyl (C=O) groups excluding carboxylic acids is 2. The highest BCUT2D eigenvalue weighted by molar-refractivity contribution is 7.89. The Morgan fingerprint density at radius 3 is 2.36 bits per heavy atom. The minimum Gasteiger partial charge on any atom is -0.457 e. The molecular formula is C22H22N2O8S. The number of rotatable bonds is 7. The second-order valence-electron chi connectivity index (χ2n) is 7.04. The molecule has 1 N–H and O–H groups in total. The molecule has 174 valence electrons. The van der Waals surface area contributed by atoms with Gasteiger partial charge in [-0.15, -0.1) is 0 Å². The van der Waals surface area contributed by atoms with Crippen LogP contribution in [-0.4, -0.2) is 45.5 Å². The minimum absolute atomic E-state index is 0.0444. The molecule has 0 aliphatic carbocycles. The van der Waals surface area contributed by atoms with Crippen molar-refractivity contribution >= 4 is 38.7 Å². The molecule has 0 unspecified atom stereocenters. The van der Waals surface area contributed by atoms with Crippen LogP contribution in [0.5, 0.6) is 0 Å². The van der Waals surface area contributed by atoms with Crippen LogP contribution in [0.2, 0.25) is 0 Å². The van der Waals surface area contributed by atoms with Crippen LogP contribution in [0.25, 0.3) is 11.0 Å². The van der Waals surface area contributed by atoms with Crippen LogP contribution < -0.4 is 10.9 Å². The summed E-state index contributed by atoms with van der Waals surface area (Å²) in [4.78, 5) is 36.0. The maximum Gasteiger partial charge on any atom is 0.411 e. The molecule has 3 rings (SSSR count).